The molecule has 7 heteroatoms. The van der Waals surface area contributed by atoms with Crippen molar-refractivity contribution in [1.29, 1.82) is 0 Å². The molecule has 2 aromatic carbocycles. The zero-order valence-corrected chi connectivity index (χ0v) is 13.8. The molecule has 0 saturated heterocycles. The van der Waals surface area contributed by atoms with Gasteiger partial charge in [-0.1, -0.05) is 0 Å². The van der Waals surface area contributed by atoms with E-state index in [9.17, 15) is 4.39 Å². The lowest BCUT2D eigenvalue weighted by Crippen LogP contribution is -1.99. The van der Waals surface area contributed by atoms with Gasteiger partial charge >= 0.3 is 0 Å². The Labute approximate surface area is 147 Å². The summed E-state index contributed by atoms with van der Waals surface area (Å²) in [5.41, 5.74) is 1.48. The molecular formula is C19H14FN5O. The second-order valence-corrected chi connectivity index (χ2v) is 6.16. The van der Waals surface area contributed by atoms with Crippen molar-refractivity contribution in [3.63, 3.8) is 0 Å². The van der Waals surface area contributed by atoms with Crippen LogP contribution in [-0.2, 0) is 13.0 Å². The fraction of sp³-hybridized carbons (Fsp3) is 0.158. The molecule has 0 amide bonds. The number of oxazole rings is 1. The Morgan fingerprint density at radius 3 is 2.88 bits per heavy atom. The predicted molar refractivity (Wildman–Crippen MR) is 95.1 cm³/mol. The quantitative estimate of drug-likeness (QED) is 0.461. The highest BCUT2D eigenvalue weighted by Crippen LogP contribution is 2.35. The Morgan fingerprint density at radius 2 is 2.00 bits per heavy atom. The molecule has 0 aliphatic heterocycles. The van der Waals surface area contributed by atoms with Gasteiger partial charge in [-0.3, -0.25) is 9.67 Å². The van der Waals surface area contributed by atoms with E-state index in [1.54, 1.807) is 29.5 Å². The highest BCUT2D eigenvalue weighted by Gasteiger charge is 2.15. The number of halogens is 1. The molecule has 0 aliphatic rings. The van der Waals surface area contributed by atoms with Crippen LogP contribution in [0.15, 0.2) is 53.7 Å². The van der Waals surface area contributed by atoms with Crippen LogP contribution in [0.3, 0.4) is 0 Å². The summed E-state index contributed by atoms with van der Waals surface area (Å²) in [6.07, 6.45) is 8.18. The zero-order chi connectivity index (χ0) is 17.5. The second kappa shape index (κ2) is 5.87. The van der Waals surface area contributed by atoms with Crippen LogP contribution in [0.2, 0.25) is 0 Å². The maximum atomic E-state index is 13.8. The fourth-order valence-electron chi connectivity index (χ4n) is 3.33. The third kappa shape index (κ3) is 2.40. The highest BCUT2D eigenvalue weighted by atomic mass is 19.1. The van der Waals surface area contributed by atoms with Gasteiger partial charge in [-0.2, -0.15) is 5.10 Å². The van der Waals surface area contributed by atoms with Crippen LogP contribution in [0.25, 0.3) is 32.6 Å². The van der Waals surface area contributed by atoms with E-state index in [2.05, 4.69) is 20.1 Å². The van der Waals surface area contributed by atoms with Crippen molar-refractivity contribution in [2.45, 2.75) is 19.4 Å². The number of rotatable bonds is 4. The van der Waals surface area contributed by atoms with Crippen LogP contribution in [-0.4, -0.2) is 24.7 Å². The standard InChI is InChI=1S/C19H14FN5O/c20-12-3-4-13-15(8-12)16-9-21-6-5-14(16)19-18(13)24-17(26-19)2-1-7-25-11-22-10-23-25/h3-6,8-11H,1-2,7H2. The summed E-state index contributed by atoms with van der Waals surface area (Å²) in [5.74, 6) is 0.383. The highest BCUT2D eigenvalue weighted by molar-refractivity contribution is 6.22. The second-order valence-electron chi connectivity index (χ2n) is 6.16. The van der Waals surface area contributed by atoms with Crippen molar-refractivity contribution in [2.24, 2.45) is 0 Å². The average Bonchev–Trinajstić information content (AvgIpc) is 3.32. The number of aromatic nitrogens is 5. The molecule has 0 radical (unpaired) electrons. The molecule has 5 aromatic rings. The fourth-order valence-corrected chi connectivity index (χ4v) is 3.33. The van der Waals surface area contributed by atoms with Crippen molar-refractivity contribution in [2.75, 3.05) is 0 Å². The van der Waals surface area contributed by atoms with Crippen LogP contribution < -0.4 is 0 Å². The maximum absolute atomic E-state index is 13.8. The van der Waals surface area contributed by atoms with Crippen LogP contribution in [0.5, 0.6) is 0 Å². The Morgan fingerprint density at radius 1 is 1.04 bits per heavy atom. The molecule has 3 aromatic heterocycles. The summed E-state index contributed by atoms with van der Waals surface area (Å²) in [7, 11) is 0. The van der Waals surface area contributed by atoms with E-state index in [0.29, 0.717) is 12.3 Å². The van der Waals surface area contributed by atoms with E-state index in [-0.39, 0.29) is 5.82 Å². The van der Waals surface area contributed by atoms with Crippen LogP contribution in [0.4, 0.5) is 4.39 Å². The minimum atomic E-state index is -0.279. The first-order chi connectivity index (χ1) is 12.8. The third-order valence-corrected chi connectivity index (χ3v) is 4.51. The molecule has 128 valence electrons. The number of aryl methyl sites for hydroxylation is 2. The first-order valence-corrected chi connectivity index (χ1v) is 8.36. The molecule has 0 saturated carbocycles. The molecule has 0 atom stereocenters. The van der Waals surface area contributed by atoms with Gasteiger partial charge in [0.2, 0.25) is 0 Å². The summed E-state index contributed by atoms with van der Waals surface area (Å²) in [6, 6.07) is 6.61. The normalized spacial score (nSPS) is 11.7. The average molecular weight is 347 g/mol. The Kier molecular flexibility index (Phi) is 3.38. The molecule has 0 N–H and O–H groups in total. The largest absolute Gasteiger partial charge is 0.440 e. The molecule has 0 spiro atoms. The molecular weight excluding hydrogens is 333 g/mol. The number of hydrogen-bond acceptors (Lipinski definition) is 5. The minimum Gasteiger partial charge on any atom is -0.440 e. The molecule has 0 fully saturated rings. The Hall–Kier alpha value is -3.35. The van der Waals surface area contributed by atoms with E-state index in [1.807, 2.05) is 6.07 Å². The lowest BCUT2D eigenvalue weighted by molar-refractivity contribution is 0.493. The van der Waals surface area contributed by atoms with Gasteiger partial charge in [-0.25, -0.2) is 14.4 Å². The summed E-state index contributed by atoms with van der Waals surface area (Å²) < 4.78 is 21.6. The minimum absolute atomic E-state index is 0.279. The van der Waals surface area contributed by atoms with E-state index in [0.717, 1.165) is 45.6 Å². The molecule has 26 heavy (non-hydrogen) atoms. The van der Waals surface area contributed by atoms with E-state index < -0.39 is 0 Å². The molecule has 0 bridgehead atoms. The van der Waals surface area contributed by atoms with Crippen molar-refractivity contribution in [3.05, 3.63) is 61.0 Å². The van der Waals surface area contributed by atoms with E-state index in [1.165, 1.54) is 18.5 Å². The van der Waals surface area contributed by atoms with Gasteiger partial charge in [-0.15, -0.1) is 0 Å². The van der Waals surface area contributed by atoms with Gasteiger partial charge < -0.3 is 4.42 Å². The van der Waals surface area contributed by atoms with Crippen molar-refractivity contribution in [1.82, 2.24) is 24.7 Å². The lowest BCUT2D eigenvalue weighted by Gasteiger charge is -2.04. The number of hydrogen-bond donors (Lipinski definition) is 0. The molecule has 0 unspecified atom stereocenters. The summed E-state index contributed by atoms with van der Waals surface area (Å²) in [6.45, 7) is 0.745. The predicted octanol–water partition coefficient (Wildman–Crippen LogP) is 3.89. The number of fused-ring (bicyclic) bond motifs is 6. The third-order valence-electron chi connectivity index (χ3n) is 4.51. The summed E-state index contributed by atoms with van der Waals surface area (Å²) >= 11 is 0. The van der Waals surface area contributed by atoms with Crippen molar-refractivity contribution in [3.8, 4) is 0 Å². The molecule has 3 heterocycles. The first-order valence-electron chi connectivity index (χ1n) is 8.36. The van der Waals surface area contributed by atoms with Gasteiger partial charge in [-0.05, 0) is 36.1 Å². The molecule has 6 nitrogen and oxygen atoms in total. The zero-order valence-electron chi connectivity index (χ0n) is 13.8. The van der Waals surface area contributed by atoms with Gasteiger partial charge in [0.25, 0.3) is 0 Å². The van der Waals surface area contributed by atoms with Crippen molar-refractivity contribution >= 4 is 32.6 Å². The monoisotopic (exact) mass is 347 g/mol. The number of benzene rings is 2. The lowest BCUT2D eigenvalue weighted by atomic mass is 10.0. The topological polar surface area (TPSA) is 69.6 Å². The number of pyridine rings is 1. The summed E-state index contributed by atoms with van der Waals surface area (Å²) in [5, 5.41) is 7.51. The Balaban J connectivity index is 1.62. The molecule has 5 rings (SSSR count). The van der Waals surface area contributed by atoms with Crippen molar-refractivity contribution < 1.29 is 8.81 Å². The van der Waals surface area contributed by atoms with Gasteiger partial charge in [0.15, 0.2) is 11.5 Å². The smallest absolute Gasteiger partial charge is 0.195 e. The first kappa shape index (κ1) is 14.9. The molecule has 0 aliphatic carbocycles. The summed E-state index contributed by atoms with van der Waals surface area (Å²) in [4.78, 5) is 12.8. The Bertz CT molecular complexity index is 1230. The number of nitrogens with zero attached hydrogens (tertiary/aromatic N) is 5. The van der Waals surface area contributed by atoms with Crippen LogP contribution in [0.1, 0.15) is 12.3 Å². The van der Waals surface area contributed by atoms with E-state index >= 15 is 0 Å². The van der Waals surface area contributed by atoms with Crippen LogP contribution >= 0.6 is 0 Å². The van der Waals surface area contributed by atoms with Gasteiger partial charge in [0, 0.05) is 41.5 Å². The SMILES string of the molecule is Fc1ccc2c(c1)c1cnccc1c1oc(CCCn3cncn3)nc21. The van der Waals surface area contributed by atoms with E-state index in [4.69, 9.17) is 4.42 Å². The van der Waals surface area contributed by atoms with Gasteiger partial charge in [0.05, 0.1) is 0 Å². The van der Waals surface area contributed by atoms with Gasteiger partial charge in [0.1, 0.15) is 24.0 Å². The van der Waals surface area contributed by atoms with Crippen LogP contribution in [0, 0.1) is 5.82 Å². The maximum Gasteiger partial charge on any atom is 0.195 e.